The molecule has 184 valence electrons. The molecule has 3 heterocycles. The molecule has 2 aliphatic heterocycles. The van der Waals surface area contributed by atoms with Gasteiger partial charge in [-0.25, -0.2) is 13.4 Å². The molecular weight excluding hydrogens is 464 g/mol. The Labute approximate surface area is 205 Å². The van der Waals surface area contributed by atoms with Crippen molar-refractivity contribution in [2.24, 2.45) is 0 Å². The van der Waals surface area contributed by atoms with Gasteiger partial charge in [-0.3, -0.25) is 4.79 Å². The Morgan fingerprint density at radius 2 is 1.49 bits per heavy atom. The first-order valence-corrected chi connectivity index (χ1v) is 13.6. The van der Waals surface area contributed by atoms with Crippen molar-refractivity contribution in [3.63, 3.8) is 0 Å². The first-order chi connectivity index (χ1) is 17.0. The SMILES string of the molecule is O=C(C[NH+]1CCN(c2nc3ccccc3nc2[N-]S(=O)(=O)c2ccccc2)CC1)N1CCCCC1. The molecule has 3 aromatic rings. The van der Waals surface area contributed by atoms with Crippen molar-refractivity contribution in [2.45, 2.75) is 24.2 Å². The summed E-state index contributed by atoms with van der Waals surface area (Å²) in [4.78, 5) is 27.4. The second kappa shape index (κ2) is 10.2. The molecule has 0 saturated carbocycles. The first-order valence-electron chi connectivity index (χ1n) is 12.2. The number of sulfonamides is 1. The van der Waals surface area contributed by atoms with Gasteiger partial charge in [0, 0.05) is 13.1 Å². The number of piperidine rings is 1. The van der Waals surface area contributed by atoms with Gasteiger partial charge in [0.2, 0.25) is 10.0 Å². The molecule has 5 rings (SSSR count). The van der Waals surface area contributed by atoms with Crippen LogP contribution in [0.5, 0.6) is 0 Å². The highest BCUT2D eigenvalue weighted by Crippen LogP contribution is 2.35. The number of hydrogen-bond donors (Lipinski definition) is 1. The quantitative estimate of drug-likeness (QED) is 0.560. The topological polar surface area (TPSA) is 102 Å². The van der Waals surface area contributed by atoms with Gasteiger partial charge >= 0.3 is 0 Å². The van der Waals surface area contributed by atoms with Gasteiger partial charge in [0.05, 0.1) is 36.6 Å². The van der Waals surface area contributed by atoms with Gasteiger partial charge in [0.25, 0.3) is 5.91 Å². The molecule has 0 bridgehead atoms. The number of nitrogens with zero attached hydrogens (tertiary/aromatic N) is 5. The van der Waals surface area contributed by atoms with Crippen molar-refractivity contribution in [1.29, 1.82) is 0 Å². The van der Waals surface area contributed by atoms with E-state index in [2.05, 4.69) is 9.71 Å². The Balaban J connectivity index is 1.34. The van der Waals surface area contributed by atoms with E-state index >= 15 is 0 Å². The van der Waals surface area contributed by atoms with Crippen molar-refractivity contribution in [3.05, 3.63) is 59.3 Å². The smallest absolute Gasteiger partial charge is 0.277 e. The number of anilines is 1. The lowest BCUT2D eigenvalue weighted by Crippen LogP contribution is -3.16. The molecule has 10 heteroatoms. The van der Waals surface area contributed by atoms with Crippen LogP contribution in [0.3, 0.4) is 0 Å². The van der Waals surface area contributed by atoms with Crippen LogP contribution in [0.15, 0.2) is 59.5 Å². The normalized spacial score (nSPS) is 17.5. The number of para-hydroxylation sites is 2. The van der Waals surface area contributed by atoms with E-state index in [-0.39, 0.29) is 16.6 Å². The zero-order chi connectivity index (χ0) is 24.3. The van der Waals surface area contributed by atoms with Crippen LogP contribution in [-0.2, 0) is 14.8 Å². The molecule has 2 saturated heterocycles. The molecular formula is C25H30N6O3S. The van der Waals surface area contributed by atoms with Gasteiger partial charge in [-0.15, -0.1) is 0 Å². The predicted octanol–water partition coefficient (Wildman–Crippen LogP) is 1.74. The van der Waals surface area contributed by atoms with Crippen LogP contribution in [0.2, 0.25) is 0 Å². The zero-order valence-electron chi connectivity index (χ0n) is 19.6. The Hall–Kier alpha value is -3.24. The number of aromatic nitrogens is 2. The molecule has 0 radical (unpaired) electrons. The molecule has 0 aliphatic carbocycles. The van der Waals surface area contributed by atoms with E-state index in [1.54, 1.807) is 24.3 Å². The molecule has 0 unspecified atom stereocenters. The van der Waals surface area contributed by atoms with Gasteiger partial charge in [0.15, 0.2) is 6.54 Å². The maximum atomic E-state index is 13.0. The van der Waals surface area contributed by atoms with E-state index in [4.69, 9.17) is 4.98 Å². The van der Waals surface area contributed by atoms with Crippen LogP contribution >= 0.6 is 0 Å². The van der Waals surface area contributed by atoms with E-state index < -0.39 is 10.0 Å². The summed E-state index contributed by atoms with van der Waals surface area (Å²) >= 11 is 0. The van der Waals surface area contributed by atoms with Crippen molar-refractivity contribution in [3.8, 4) is 0 Å². The summed E-state index contributed by atoms with van der Waals surface area (Å²) in [5, 5.41) is 0. The number of fused-ring (bicyclic) bond motifs is 1. The molecule has 1 aromatic heterocycles. The Morgan fingerprint density at radius 1 is 0.857 bits per heavy atom. The highest BCUT2D eigenvalue weighted by Gasteiger charge is 2.27. The lowest BCUT2D eigenvalue weighted by molar-refractivity contribution is -0.892. The van der Waals surface area contributed by atoms with Gasteiger partial charge < -0.3 is 24.4 Å². The molecule has 0 atom stereocenters. The maximum Gasteiger partial charge on any atom is 0.277 e. The highest BCUT2D eigenvalue weighted by molar-refractivity contribution is 7.94. The van der Waals surface area contributed by atoms with Crippen molar-refractivity contribution < 1.29 is 18.1 Å². The monoisotopic (exact) mass is 494 g/mol. The third-order valence-corrected chi connectivity index (χ3v) is 7.94. The third-order valence-electron chi connectivity index (χ3n) is 6.66. The molecule has 0 spiro atoms. The summed E-state index contributed by atoms with van der Waals surface area (Å²) in [5.74, 6) is 0.785. The maximum absolute atomic E-state index is 13.0. The Morgan fingerprint density at radius 3 is 2.17 bits per heavy atom. The first kappa shape index (κ1) is 23.5. The lowest BCUT2D eigenvalue weighted by Gasteiger charge is -2.36. The van der Waals surface area contributed by atoms with Crippen LogP contribution in [0, 0.1) is 0 Å². The lowest BCUT2D eigenvalue weighted by atomic mass is 10.1. The predicted molar refractivity (Wildman–Crippen MR) is 134 cm³/mol. The number of benzene rings is 2. The number of rotatable bonds is 6. The summed E-state index contributed by atoms with van der Waals surface area (Å²) in [6.45, 7) is 5.04. The van der Waals surface area contributed by atoms with E-state index in [9.17, 15) is 13.2 Å². The van der Waals surface area contributed by atoms with Crippen LogP contribution < -0.4 is 9.80 Å². The number of hydrogen-bond acceptors (Lipinski definition) is 6. The molecule has 2 fully saturated rings. The number of quaternary nitrogens is 1. The van der Waals surface area contributed by atoms with Crippen molar-refractivity contribution >= 4 is 38.6 Å². The average Bonchev–Trinajstić information content (AvgIpc) is 2.89. The molecule has 9 nitrogen and oxygen atoms in total. The largest absolute Gasteiger partial charge is 0.431 e. The summed E-state index contributed by atoms with van der Waals surface area (Å²) in [7, 11) is -3.94. The molecule has 35 heavy (non-hydrogen) atoms. The van der Waals surface area contributed by atoms with E-state index in [0.29, 0.717) is 36.5 Å². The van der Waals surface area contributed by atoms with Crippen LogP contribution in [0.1, 0.15) is 19.3 Å². The number of nitrogens with one attached hydrogen (secondary N) is 1. The van der Waals surface area contributed by atoms with E-state index in [1.807, 2.05) is 28.0 Å². The van der Waals surface area contributed by atoms with Crippen molar-refractivity contribution in [1.82, 2.24) is 14.9 Å². The second-order valence-corrected chi connectivity index (χ2v) is 10.7. The van der Waals surface area contributed by atoms with E-state index in [1.165, 1.54) is 23.5 Å². The zero-order valence-corrected chi connectivity index (χ0v) is 20.5. The number of piperazine rings is 1. The number of carbonyl (C=O) groups is 1. The molecule has 1 amide bonds. The second-order valence-electron chi connectivity index (χ2n) is 9.09. The molecule has 2 aromatic carbocycles. The Kier molecular flexibility index (Phi) is 6.83. The fourth-order valence-corrected chi connectivity index (χ4v) is 5.65. The molecule has 1 N–H and O–H groups in total. The van der Waals surface area contributed by atoms with Gasteiger partial charge in [-0.1, -0.05) is 36.4 Å². The minimum Gasteiger partial charge on any atom is -0.431 e. The summed E-state index contributed by atoms with van der Waals surface area (Å²) in [5.41, 5.74) is 1.28. The van der Waals surface area contributed by atoms with Crippen molar-refractivity contribution in [2.75, 3.05) is 50.7 Å². The fraction of sp³-hybridized carbons (Fsp3) is 0.400. The number of likely N-dealkylation sites (tertiary alicyclic amines) is 1. The average molecular weight is 495 g/mol. The summed E-state index contributed by atoms with van der Waals surface area (Å²) in [6.07, 6.45) is 3.39. The van der Waals surface area contributed by atoms with Crippen LogP contribution in [-0.4, -0.2) is 75.0 Å². The van der Waals surface area contributed by atoms with Gasteiger partial charge in [-0.2, -0.15) is 0 Å². The third kappa shape index (κ3) is 5.38. The minimum atomic E-state index is -3.94. The number of amides is 1. The van der Waals surface area contributed by atoms with Gasteiger partial charge in [-0.05, 0) is 48.8 Å². The van der Waals surface area contributed by atoms with Gasteiger partial charge in [0.1, 0.15) is 5.82 Å². The summed E-state index contributed by atoms with van der Waals surface area (Å²) < 4.78 is 30.1. The van der Waals surface area contributed by atoms with E-state index in [0.717, 1.165) is 39.0 Å². The minimum absolute atomic E-state index is 0.0976. The van der Waals surface area contributed by atoms with Crippen LogP contribution in [0.4, 0.5) is 11.6 Å². The molecule has 2 aliphatic rings. The standard InChI is InChI=1S/C25H29N6O3S/c32-23(30-13-7-2-8-14-30)19-29-15-17-31(18-16-29)25-24(26-21-11-5-6-12-22(21)27-25)28-35(33,34)20-9-3-1-4-10-20/h1,3-6,9-12H,2,7-8,13-19H2/q-1/p+1. The Bertz CT molecular complexity index is 1290. The van der Waals surface area contributed by atoms with Crippen LogP contribution in [0.25, 0.3) is 15.8 Å². The summed E-state index contributed by atoms with van der Waals surface area (Å²) in [6, 6.07) is 15.5. The highest BCUT2D eigenvalue weighted by atomic mass is 32.2. The fourth-order valence-electron chi connectivity index (χ4n) is 4.69. The number of carbonyl (C=O) groups excluding carboxylic acids is 1.